The van der Waals surface area contributed by atoms with Gasteiger partial charge in [0.05, 0.1) is 39.0 Å². The molecule has 2 atom stereocenters. The minimum Gasteiger partial charge on any atom is -0.495 e. The molecule has 2 heterocycles. The van der Waals surface area contributed by atoms with Gasteiger partial charge >= 0.3 is 0 Å². The van der Waals surface area contributed by atoms with Gasteiger partial charge in [-0.05, 0) is 47.5 Å². The number of nitrogens with zero attached hydrogens (tertiary/aromatic N) is 2. The van der Waals surface area contributed by atoms with Crippen molar-refractivity contribution in [1.82, 2.24) is 9.88 Å². The smallest absolute Gasteiger partial charge is 0.254 e. The Bertz CT molecular complexity index is 1230. The summed E-state index contributed by atoms with van der Waals surface area (Å²) in [5.74, 6) is -0.0922. The predicted octanol–water partition coefficient (Wildman–Crippen LogP) is 4.31. The molecular weight excluding hydrogens is 458 g/mol. The molecule has 0 saturated heterocycles. The molecule has 1 aromatic heterocycles. The van der Waals surface area contributed by atoms with Crippen LogP contribution >= 0.6 is 11.6 Å². The number of rotatable bonds is 6. The van der Waals surface area contributed by atoms with E-state index in [2.05, 4.69) is 10.3 Å². The van der Waals surface area contributed by atoms with Crippen molar-refractivity contribution in [3.05, 3.63) is 76.6 Å². The van der Waals surface area contributed by atoms with Crippen molar-refractivity contribution in [2.24, 2.45) is 0 Å². The van der Waals surface area contributed by atoms with Gasteiger partial charge in [-0.3, -0.25) is 14.6 Å². The van der Waals surface area contributed by atoms with E-state index in [0.717, 1.165) is 5.56 Å². The first-order valence-corrected chi connectivity index (χ1v) is 10.8. The second-order valence-corrected chi connectivity index (χ2v) is 8.19. The lowest BCUT2D eigenvalue weighted by atomic mass is 9.79. The maximum atomic E-state index is 13.9. The van der Waals surface area contributed by atoms with Crippen LogP contribution in [0.4, 0.5) is 5.69 Å². The predicted molar refractivity (Wildman–Crippen MR) is 128 cm³/mol. The first kappa shape index (κ1) is 23.4. The normalized spacial score (nSPS) is 17.1. The SMILES string of the molecule is COc1ccc(Cl)cc1NC(=O)[C@@H]1c2cc(OC)c(OC)cc2C(=O)N(C)[C@H]1c1cccnc1. The van der Waals surface area contributed by atoms with E-state index in [1.807, 2.05) is 6.07 Å². The molecule has 2 amide bonds. The van der Waals surface area contributed by atoms with Gasteiger partial charge in [0, 0.05) is 30.0 Å². The summed E-state index contributed by atoms with van der Waals surface area (Å²) in [5, 5.41) is 3.38. The molecule has 3 aromatic rings. The van der Waals surface area contributed by atoms with Gasteiger partial charge in [0.25, 0.3) is 5.91 Å². The van der Waals surface area contributed by atoms with Crippen LogP contribution in [0, 0.1) is 0 Å². The van der Waals surface area contributed by atoms with Gasteiger partial charge in [-0.2, -0.15) is 0 Å². The van der Waals surface area contributed by atoms with Crippen LogP contribution in [0.2, 0.25) is 5.02 Å². The highest BCUT2D eigenvalue weighted by Crippen LogP contribution is 2.46. The Hall–Kier alpha value is -3.78. The van der Waals surface area contributed by atoms with Gasteiger partial charge in [0.2, 0.25) is 5.91 Å². The average Bonchev–Trinajstić information content (AvgIpc) is 2.85. The molecule has 34 heavy (non-hydrogen) atoms. The molecule has 0 bridgehead atoms. The molecule has 0 radical (unpaired) electrons. The van der Waals surface area contributed by atoms with E-state index >= 15 is 0 Å². The maximum absolute atomic E-state index is 13.9. The quantitative estimate of drug-likeness (QED) is 0.564. The summed E-state index contributed by atoms with van der Waals surface area (Å²) in [7, 11) is 6.18. The number of amides is 2. The Morgan fingerprint density at radius 3 is 2.38 bits per heavy atom. The van der Waals surface area contributed by atoms with Crippen molar-refractivity contribution in [3.8, 4) is 17.2 Å². The molecule has 176 valence electrons. The zero-order valence-electron chi connectivity index (χ0n) is 19.2. The van der Waals surface area contributed by atoms with Crippen molar-refractivity contribution < 1.29 is 23.8 Å². The lowest BCUT2D eigenvalue weighted by Gasteiger charge is -2.40. The first-order valence-electron chi connectivity index (χ1n) is 10.5. The Balaban J connectivity index is 1.89. The van der Waals surface area contributed by atoms with E-state index in [1.54, 1.807) is 60.7 Å². The summed E-state index contributed by atoms with van der Waals surface area (Å²) in [4.78, 5) is 33.0. The Morgan fingerprint density at radius 2 is 1.74 bits per heavy atom. The molecule has 0 fully saturated rings. The lowest BCUT2D eigenvalue weighted by Crippen LogP contribution is -2.44. The number of aromatic nitrogens is 1. The molecule has 0 unspecified atom stereocenters. The summed E-state index contributed by atoms with van der Waals surface area (Å²) >= 11 is 6.17. The van der Waals surface area contributed by atoms with Crippen LogP contribution in [0.25, 0.3) is 0 Å². The summed E-state index contributed by atoms with van der Waals surface area (Å²) in [6.45, 7) is 0. The molecule has 8 nitrogen and oxygen atoms in total. The number of halogens is 1. The highest BCUT2D eigenvalue weighted by molar-refractivity contribution is 6.31. The van der Waals surface area contributed by atoms with Crippen LogP contribution in [0.3, 0.4) is 0 Å². The molecule has 2 aromatic carbocycles. The average molecular weight is 482 g/mol. The molecule has 1 N–H and O–H groups in total. The van der Waals surface area contributed by atoms with Crippen LogP contribution in [-0.2, 0) is 4.79 Å². The zero-order valence-corrected chi connectivity index (χ0v) is 19.9. The number of anilines is 1. The van der Waals surface area contributed by atoms with Crippen molar-refractivity contribution in [1.29, 1.82) is 0 Å². The van der Waals surface area contributed by atoms with Crippen molar-refractivity contribution in [2.75, 3.05) is 33.7 Å². The number of methoxy groups -OCH3 is 3. The fourth-order valence-corrected chi connectivity index (χ4v) is 4.46. The second kappa shape index (κ2) is 9.61. The fraction of sp³-hybridized carbons (Fsp3) is 0.240. The zero-order chi connectivity index (χ0) is 24.4. The van der Waals surface area contributed by atoms with Crippen molar-refractivity contribution in [3.63, 3.8) is 0 Å². The maximum Gasteiger partial charge on any atom is 0.254 e. The van der Waals surface area contributed by atoms with Gasteiger partial charge in [-0.15, -0.1) is 0 Å². The summed E-state index contributed by atoms with van der Waals surface area (Å²) in [5.41, 5.74) is 2.02. The van der Waals surface area contributed by atoms with E-state index in [1.165, 1.54) is 21.3 Å². The number of likely N-dealkylation sites (N-methyl/N-ethyl adjacent to an activating group) is 1. The monoisotopic (exact) mass is 481 g/mol. The van der Waals surface area contributed by atoms with E-state index < -0.39 is 12.0 Å². The van der Waals surface area contributed by atoms with Gasteiger partial charge < -0.3 is 24.4 Å². The lowest BCUT2D eigenvalue weighted by molar-refractivity contribution is -0.119. The topological polar surface area (TPSA) is 90.0 Å². The molecule has 1 aliphatic rings. The molecule has 0 aliphatic carbocycles. The third-order valence-corrected chi connectivity index (χ3v) is 6.14. The number of fused-ring (bicyclic) bond motifs is 1. The molecule has 0 spiro atoms. The summed E-state index contributed by atoms with van der Waals surface area (Å²) in [6.07, 6.45) is 3.29. The summed E-state index contributed by atoms with van der Waals surface area (Å²) in [6, 6.07) is 11.2. The van der Waals surface area contributed by atoms with Crippen molar-refractivity contribution in [2.45, 2.75) is 12.0 Å². The van der Waals surface area contributed by atoms with Crippen LogP contribution in [0.5, 0.6) is 17.2 Å². The Kier molecular flexibility index (Phi) is 6.61. The highest BCUT2D eigenvalue weighted by atomic mass is 35.5. The Morgan fingerprint density at radius 1 is 1.03 bits per heavy atom. The van der Waals surface area contributed by atoms with Gasteiger partial charge in [-0.25, -0.2) is 0 Å². The minimum atomic E-state index is -0.787. The largest absolute Gasteiger partial charge is 0.495 e. The van der Waals surface area contributed by atoms with E-state index in [0.29, 0.717) is 39.1 Å². The first-order chi connectivity index (χ1) is 16.4. The van der Waals surface area contributed by atoms with E-state index in [9.17, 15) is 9.59 Å². The van der Waals surface area contributed by atoms with Crippen LogP contribution in [-0.4, -0.2) is 50.1 Å². The number of nitrogens with one attached hydrogen (secondary N) is 1. The van der Waals surface area contributed by atoms with Crippen LogP contribution in [0.1, 0.15) is 33.4 Å². The molecule has 4 rings (SSSR count). The Labute approximate surface area is 202 Å². The van der Waals surface area contributed by atoms with Crippen LogP contribution < -0.4 is 19.5 Å². The van der Waals surface area contributed by atoms with Crippen molar-refractivity contribution >= 4 is 29.1 Å². The molecule has 1 aliphatic heterocycles. The third kappa shape index (κ3) is 4.12. The highest BCUT2D eigenvalue weighted by Gasteiger charge is 2.44. The minimum absolute atomic E-state index is 0.241. The number of hydrogen-bond acceptors (Lipinski definition) is 6. The second-order valence-electron chi connectivity index (χ2n) is 7.75. The standard InChI is InChI=1S/C25H24ClN3O5/c1-29-23(14-6-5-9-27-13-14)22(24(30)28-18-10-15(26)7-8-19(18)32-2)16-11-20(33-3)21(34-4)12-17(16)25(29)31/h5-13,22-23H,1-4H3,(H,28,30)/t22-,23+/m1/s1. The number of ether oxygens (including phenoxy) is 3. The third-order valence-electron chi connectivity index (χ3n) is 5.90. The number of benzene rings is 2. The number of hydrogen-bond donors (Lipinski definition) is 1. The molecule has 9 heteroatoms. The fourth-order valence-electron chi connectivity index (χ4n) is 4.29. The van der Waals surface area contributed by atoms with E-state index in [-0.39, 0.29) is 11.8 Å². The van der Waals surface area contributed by atoms with Gasteiger partial charge in [0.15, 0.2) is 11.5 Å². The number of carbonyl (C=O) groups is 2. The summed E-state index contributed by atoms with van der Waals surface area (Å²) < 4.78 is 16.3. The van der Waals surface area contributed by atoms with E-state index in [4.69, 9.17) is 25.8 Å². The van der Waals surface area contributed by atoms with Gasteiger partial charge in [0.1, 0.15) is 5.75 Å². The number of carbonyl (C=O) groups excluding carboxylic acids is 2. The van der Waals surface area contributed by atoms with Crippen LogP contribution in [0.15, 0.2) is 54.9 Å². The van der Waals surface area contributed by atoms with Gasteiger partial charge in [-0.1, -0.05) is 17.7 Å². The molecular formula is C25H24ClN3O5. The number of pyridine rings is 1. The molecule has 0 saturated carbocycles.